The van der Waals surface area contributed by atoms with Crippen LogP contribution in [0.1, 0.15) is 5.56 Å². The number of carbonyl (C=O) groups excluding carboxylic acids is 1. The lowest BCUT2D eigenvalue weighted by atomic mass is 10.2. The molecular formula is C11H12Cl2N2O2. The van der Waals surface area contributed by atoms with E-state index in [0.29, 0.717) is 5.75 Å². The second-order valence-electron chi connectivity index (χ2n) is 3.33. The van der Waals surface area contributed by atoms with Gasteiger partial charge >= 0.3 is 0 Å². The molecule has 0 radical (unpaired) electrons. The van der Waals surface area contributed by atoms with Crippen LogP contribution < -0.4 is 10.1 Å². The van der Waals surface area contributed by atoms with Crippen molar-refractivity contribution in [2.75, 3.05) is 19.7 Å². The van der Waals surface area contributed by atoms with Crippen molar-refractivity contribution in [1.29, 1.82) is 0 Å². The normalized spacial score (nSPS) is 13.4. The molecule has 1 aromatic carbocycles. The Morgan fingerprint density at radius 2 is 2.12 bits per heavy atom. The zero-order valence-corrected chi connectivity index (χ0v) is 10.6. The van der Waals surface area contributed by atoms with Crippen molar-refractivity contribution in [2.45, 2.75) is 0 Å². The molecule has 17 heavy (non-hydrogen) atoms. The lowest BCUT2D eigenvalue weighted by Gasteiger charge is -2.05. The molecule has 1 aliphatic heterocycles. The summed E-state index contributed by atoms with van der Waals surface area (Å²) in [6.07, 6.45) is 0. The smallest absolute Gasteiger partial charge is 0.259 e. The van der Waals surface area contributed by atoms with Crippen LogP contribution in [0.4, 0.5) is 0 Å². The third kappa shape index (κ3) is 3.91. The molecule has 0 saturated carbocycles. The van der Waals surface area contributed by atoms with Gasteiger partial charge in [0.15, 0.2) is 6.61 Å². The highest BCUT2D eigenvalue weighted by Crippen LogP contribution is 2.13. The van der Waals surface area contributed by atoms with Gasteiger partial charge in [0, 0.05) is 12.1 Å². The molecule has 0 spiro atoms. The van der Waals surface area contributed by atoms with Gasteiger partial charge in [0.25, 0.3) is 5.24 Å². The molecule has 1 aromatic rings. The summed E-state index contributed by atoms with van der Waals surface area (Å²) < 4.78 is 5.14. The van der Waals surface area contributed by atoms with E-state index in [4.69, 9.17) is 16.3 Å². The Morgan fingerprint density at radius 3 is 2.65 bits per heavy atom. The molecule has 1 aliphatic rings. The van der Waals surface area contributed by atoms with Crippen molar-refractivity contribution in [2.24, 2.45) is 4.99 Å². The molecule has 0 aliphatic carbocycles. The van der Waals surface area contributed by atoms with E-state index in [1.54, 1.807) is 12.1 Å². The van der Waals surface area contributed by atoms with Crippen LogP contribution in [-0.2, 0) is 4.79 Å². The predicted molar refractivity (Wildman–Crippen MR) is 69.5 cm³/mol. The van der Waals surface area contributed by atoms with Crippen LogP contribution in [0, 0.1) is 0 Å². The molecule has 1 heterocycles. The number of ether oxygens (including phenoxy) is 1. The largest absolute Gasteiger partial charge is 0.484 e. The van der Waals surface area contributed by atoms with Crippen LogP contribution in [0.15, 0.2) is 29.3 Å². The number of carbonyl (C=O) groups is 1. The predicted octanol–water partition coefficient (Wildman–Crippen LogP) is 1.60. The first-order chi connectivity index (χ1) is 7.75. The molecule has 4 nitrogen and oxygen atoms in total. The number of hydrogen-bond acceptors (Lipinski definition) is 4. The first-order valence-electron chi connectivity index (χ1n) is 4.95. The molecule has 92 valence electrons. The standard InChI is InChI=1S/C11H11ClN2O2.ClH/c12-10(15)7-16-9-3-1-8(2-4-9)11-13-5-6-14-11;/h1-4H,5-7H2,(H,13,14);1H. The Kier molecular flexibility index (Phi) is 5.25. The number of nitrogens with one attached hydrogen (secondary N) is 1. The van der Waals surface area contributed by atoms with E-state index in [-0.39, 0.29) is 19.0 Å². The fourth-order valence-corrected chi connectivity index (χ4v) is 1.49. The zero-order chi connectivity index (χ0) is 11.4. The maximum absolute atomic E-state index is 10.5. The van der Waals surface area contributed by atoms with Crippen LogP contribution in [0.2, 0.25) is 0 Å². The van der Waals surface area contributed by atoms with Gasteiger partial charge in [-0.1, -0.05) is 0 Å². The van der Waals surface area contributed by atoms with E-state index in [1.807, 2.05) is 12.1 Å². The molecule has 0 atom stereocenters. The van der Waals surface area contributed by atoms with Gasteiger partial charge in [0.05, 0.1) is 6.54 Å². The van der Waals surface area contributed by atoms with Crippen molar-refractivity contribution in [3.8, 4) is 5.75 Å². The average Bonchev–Trinajstić information content (AvgIpc) is 2.80. The van der Waals surface area contributed by atoms with Crippen LogP contribution in [0.5, 0.6) is 5.75 Å². The number of amidine groups is 1. The second kappa shape index (κ2) is 6.47. The van der Waals surface area contributed by atoms with E-state index < -0.39 is 5.24 Å². The van der Waals surface area contributed by atoms with E-state index in [0.717, 1.165) is 24.5 Å². The van der Waals surface area contributed by atoms with Crippen LogP contribution in [0.25, 0.3) is 0 Å². The highest BCUT2D eigenvalue weighted by molar-refractivity contribution is 6.63. The van der Waals surface area contributed by atoms with E-state index in [1.165, 1.54) is 0 Å². The maximum atomic E-state index is 10.5. The summed E-state index contributed by atoms with van der Waals surface area (Å²) in [5.41, 5.74) is 1.02. The van der Waals surface area contributed by atoms with Crippen molar-refractivity contribution < 1.29 is 9.53 Å². The lowest BCUT2D eigenvalue weighted by molar-refractivity contribution is -0.113. The van der Waals surface area contributed by atoms with Gasteiger partial charge in [-0.25, -0.2) is 0 Å². The summed E-state index contributed by atoms with van der Waals surface area (Å²) in [5, 5.41) is 2.67. The monoisotopic (exact) mass is 274 g/mol. The SMILES string of the molecule is Cl.O=C(Cl)COc1ccc(C2=NCCN2)cc1. The van der Waals surface area contributed by atoms with E-state index in [9.17, 15) is 4.79 Å². The number of hydrogen-bond donors (Lipinski definition) is 1. The highest BCUT2D eigenvalue weighted by atomic mass is 35.5. The Labute approximate surface area is 110 Å². The topological polar surface area (TPSA) is 50.7 Å². The molecule has 6 heteroatoms. The summed E-state index contributed by atoms with van der Waals surface area (Å²) in [6, 6.07) is 7.37. The summed E-state index contributed by atoms with van der Waals surface area (Å²) in [7, 11) is 0. The van der Waals surface area contributed by atoms with Gasteiger partial charge < -0.3 is 10.1 Å². The third-order valence-electron chi connectivity index (χ3n) is 2.15. The Balaban J connectivity index is 0.00000144. The van der Waals surface area contributed by atoms with Gasteiger partial charge in [-0.3, -0.25) is 9.79 Å². The van der Waals surface area contributed by atoms with Gasteiger partial charge in [0.2, 0.25) is 0 Å². The van der Waals surface area contributed by atoms with Gasteiger partial charge in [0.1, 0.15) is 11.6 Å². The van der Waals surface area contributed by atoms with E-state index in [2.05, 4.69) is 10.3 Å². The minimum atomic E-state index is -0.508. The molecule has 0 fully saturated rings. The number of rotatable bonds is 4. The Morgan fingerprint density at radius 1 is 1.41 bits per heavy atom. The summed E-state index contributed by atoms with van der Waals surface area (Å²) in [4.78, 5) is 14.8. The van der Waals surface area contributed by atoms with Gasteiger partial charge in [-0.2, -0.15) is 0 Å². The minimum Gasteiger partial charge on any atom is -0.484 e. The van der Waals surface area contributed by atoms with Gasteiger partial charge in [-0.15, -0.1) is 12.4 Å². The molecule has 1 N–H and O–H groups in total. The molecule has 0 unspecified atom stereocenters. The maximum Gasteiger partial charge on any atom is 0.259 e. The fourth-order valence-electron chi connectivity index (χ4n) is 1.44. The second-order valence-corrected chi connectivity index (χ2v) is 3.75. The molecule has 0 saturated heterocycles. The van der Waals surface area contributed by atoms with Crippen molar-refractivity contribution in [1.82, 2.24) is 5.32 Å². The Bertz CT molecular complexity index is 418. The summed E-state index contributed by atoms with van der Waals surface area (Å²) in [6.45, 7) is 1.59. The summed E-state index contributed by atoms with van der Waals surface area (Å²) >= 11 is 5.17. The van der Waals surface area contributed by atoms with Crippen molar-refractivity contribution in [3.63, 3.8) is 0 Å². The molecule has 0 aromatic heterocycles. The fraction of sp³-hybridized carbons (Fsp3) is 0.273. The van der Waals surface area contributed by atoms with Crippen LogP contribution in [-0.4, -0.2) is 30.8 Å². The summed E-state index contributed by atoms with van der Waals surface area (Å²) in [5.74, 6) is 1.52. The molecule has 2 rings (SSSR count). The van der Waals surface area contributed by atoms with Crippen molar-refractivity contribution >= 4 is 35.1 Å². The zero-order valence-electron chi connectivity index (χ0n) is 8.98. The van der Waals surface area contributed by atoms with Crippen LogP contribution >= 0.6 is 24.0 Å². The third-order valence-corrected chi connectivity index (χ3v) is 2.26. The number of nitrogens with zero attached hydrogens (tertiary/aromatic N) is 1. The van der Waals surface area contributed by atoms with Crippen LogP contribution in [0.3, 0.4) is 0 Å². The number of benzene rings is 1. The average molecular weight is 275 g/mol. The minimum absolute atomic E-state index is 0. The number of aliphatic imine (C=N–C) groups is 1. The first-order valence-corrected chi connectivity index (χ1v) is 5.33. The van der Waals surface area contributed by atoms with E-state index >= 15 is 0 Å². The highest BCUT2D eigenvalue weighted by Gasteiger charge is 2.07. The first kappa shape index (κ1) is 13.8. The van der Waals surface area contributed by atoms with Gasteiger partial charge in [-0.05, 0) is 35.9 Å². The lowest BCUT2D eigenvalue weighted by Crippen LogP contribution is -2.19. The van der Waals surface area contributed by atoms with Crippen molar-refractivity contribution in [3.05, 3.63) is 29.8 Å². The molecule has 0 amide bonds. The molecular weight excluding hydrogens is 263 g/mol. The number of halogens is 2. The quantitative estimate of drug-likeness (QED) is 0.849. The Hall–Kier alpha value is -1.26. The molecule has 0 bridgehead atoms.